The van der Waals surface area contributed by atoms with Gasteiger partial charge in [0.1, 0.15) is 23.4 Å². The Morgan fingerprint density at radius 1 is 0.854 bits per heavy atom. The summed E-state index contributed by atoms with van der Waals surface area (Å²) < 4.78 is 41.7. The second-order valence-corrected chi connectivity index (χ2v) is 10.2. The van der Waals surface area contributed by atoms with Gasteiger partial charge in [0.05, 0.1) is 41.8 Å². The van der Waals surface area contributed by atoms with Gasteiger partial charge in [0.25, 0.3) is 6.29 Å². The van der Waals surface area contributed by atoms with Gasteiger partial charge in [-0.3, -0.25) is 0 Å². The molecule has 0 fully saturated rings. The van der Waals surface area contributed by atoms with Gasteiger partial charge in [-0.15, -0.1) is 11.3 Å². The first kappa shape index (κ1) is 31.5. The molecule has 10 heteroatoms. The van der Waals surface area contributed by atoms with Gasteiger partial charge in [0, 0.05) is 16.0 Å². The molecule has 0 aliphatic heterocycles. The van der Waals surface area contributed by atoms with Gasteiger partial charge in [0.2, 0.25) is 12.2 Å². The molecular weight excluding hydrogens is 544 g/mol. The molecule has 2 atom stereocenters. The highest BCUT2D eigenvalue weighted by atomic mass is 32.1. The Kier molecular flexibility index (Phi) is 11.6. The molecule has 0 bridgehead atoms. The highest BCUT2D eigenvalue weighted by Crippen LogP contribution is 2.44. The van der Waals surface area contributed by atoms with Crippen LogP contribution in [-0.2, 0) is 30.3 Å². The lowest BCUT2D eigenvalue weighted by Gasteiger charge is -2.21. The van der Waals surface area contributed by atoms with E-state index in [1.165, 1.54) is 17.7 Å². The van der Waals surface area contributed by atoms with Gasteiger partial charge in [0.15, 0.2) is 6.61 Å². The van der Waals surface area contributed by atoms with Crippen molar-refractivity contribution in [3.63, 3.8) is 0 Å². The van der Waals surface area contributed by atoms with Crippen LogP contribution in [0.2, 0.25) is 0 Å². The molecule has 0 aliphatic rings. The van der Waals surface area contributed by atoms with Gasteiger partial charge >= 0.3 is 0 Å². The van der Waals surface area contributed by atoms with Crippen LogP contribution in [0.3, 0.4) is 0 Å². The first-order valence-electron chi connectivity index (χ1n) is 13.1. The van der Waals surface area contributed by atoms with Crippen LogP contribution in [0.5, 0.6) is 11.6 Å². The second-order valence-electron chi connectivity index (χ2n) is 9.15. The van der Waals surface area contributed by atoms with Gasteiger partial charge in [-0.2, -0.15) is 0 Å². The molecule has 0 saturated carbocycles. The molecule has 2 unspecified atom stereocenters. The van der Waals surface area contributed by atoms with Crippen molar-refractivity contribution in [3.05, 3.63) is 85.5 Å². The maximum Gasteiger partial charge on any atom is 0.276 e. The molecule has 9 nitrogen and oxygen atoms in total. The number of rotatable bonds is 18. The van der Waals surface area contributed by atoms with Crippen molar-refractivity contribution < 1.29 is 33.2 Å². The summed E-state index contributed by atoms with van der Waals surface area (Å²) in [5.74, 6) is 3.11. The van der Waals surface area contributed by atoms with Gasteiger partial charge in [-0.1, -0.05) is 38.4 Å². The highest BCUT2D eigenvalue weighted by molar-refractivity contribution is 7.22. The number of thiophene rings is 1. The van der Waals surface area contributed by atoms with Crippen LogP contribution in [0.4, 0.5) is 0 Å². The molecule has 0 amide bonds. The minimum Gasteiger partial charge on any atom is -0.493 e. The third kappa shape index (κ3) is 9.26. The summed E-state index contributed by atoms with van der Waals surface area (Å²) in [4.78, 5) is 9.92. The first-order chi connectivity index (χ1) is 19.6. The fraction of sp³-hybridized carbons (Fsp3) is 0.355. The van der Waals surface area contributed by atoms with E-state index in [1.54, 1.807) is 27.7 Å². The summed E-state index contributed by atoms with van der Waals surface area (Å²) in [6.07, 6.45) is -0.0921. The first-order valence-corrected chi connectivity index (χ1v) is 13.9. The van der Waals surface area contributed by atoms with Crippen LogP contribution < -0.4 is 9.47 Å². The fourth-order valence-corrected chi connectivity index (χ4v) is 4.91. The summed E-state index contributed by atoms with van der Waals surface area (Å²) in [5.41, 5.74) is 2.36. The van der Waals surface area contributed by atoms with Gasteiger partial charge < -0.3 is 33.2 Å². The number of hydrogen-bond donors (Lipinski definition) is 0. The Hall–Kier alpha value is -4.02. The van der Waals surface area contributed by atoms with E-state index in [9.17, 15) is 0 Å². The van der Waals surface area contributed by atoms with Crippen molar-refractivity contribution in [1.82, 2.24) is 9.97 Å². The summed E-state index contributed by atoms with van der Waals surface area (Å²) in [7, 11) is 0. The lowest BCUT2D eigenvalue weighted by atomic mass is 10.1. The zero-order chi connectivity index (χ0) is 29.9. The van der Waals surface area contributed by atoms with Crippen LogP contribution in [0.25, 0.3) is 20.7 Å². The molecule has 0 saturated heterocycles. The van der Waals surface area contributed by atoms with Crippen molar-refractivity contribution in [1.29, 1.82) is 0 Å². The maximum atomic E-state index is 6.21. The molecule has 3 aromatic rings. The minimum atomic E-state index is -0.809. The van der Waals surface area contributed by atoms with Gasteiger partial charge in [-0.25, -0.2) is 9.97 Å². The predicted octanol–water partition coefficient (Wildman–Crippen LogP) is 7.51. The quantitative estimate of drug-likeness (QED) is 0.112. The van der Waals surface area contributed by atoms with Crippen LogP contribution in [-0.4, -0.2) is 42.4 Å². The van der Waals surface area contributed by atoms with Gasteiger partial charge in [-0.05, 0) is 46.8 Å². The molecule has 2 aromatic heterocycles. The number of allylic oxidation sites excluding steroid dienone is 4. The van der Waals surface area contributed by atoms with Crippen molar-refractivity contribution in [2.45, 2.75) is 53.8 Å². The average molecular weight is 583 g/mol. The van der Waals surface area contributed by atoms with E-state index in [2.05, 4.69) is 36.3 Å². The number of ether oxygens (including phenoxy) is 7. The molecule has 3 rings (SSSR count). The Morgan fingerprint density at radius 2 is 1.49 bits per heavy atom. The smallest absolute Gasteiger partial charge is 0.276 e. The molecule has 0 spiro atoms. The number of hydrogen-bond acceptors (Lipinski definition) is 10. The number of para-hydroxylation sites is 1. The summed E-state index contributed by atoms with van der Waals surface area (Å²) in [6.45, 7) is 25.0. The third-order valence-electron chi connectivity index (χ3n) is 5.22. The lowest BCUT2D eigenvalue weighted by molar-refractivity contribution is -0.149. The van der Waals surface area contributed by atoms with Crippen LogP contribution in [0.15, 0.2) is 79.9 Å². The second kappa shape index (κ2) is 15.1. The largest absolute Gasteiger partial charge is 0.493 e. The van der Waals surface area contributed by atoms with Crippen LogP contribution in [0.1, 0.15) is 40.2 Å². The maximum absolute atomic E-state index is 6.21. The molecule has 0 N–H and O–H groups in total. The topological polar surface area (TPSA) is 90.4 Å². The van der Waals surface area contributed by atoms with E-state index in [1.807, 2.05) is 31.2 Å². The van der Waals surface area contributed by atoms with Crippen molar-refractivity contribution in [2.75, 3.05) is 19.8 Å². The van der Waals surface area contributed by atoms with E-state index in [-0.39, 0.29) is 19.8 Å². The number of aromatic nitrogens is 2. The van der Waals surface area contributed by atoms with E-state index in [0.717, 1.165) is 21.8 Å². The monoisotopic (exact) mass is 582 g/mol. The van der Waals surface area contributed by atoms with Crippen LogP contribution in [0, 0.1) is 0 Å². The van der Waals surface area contributed by atoms with E-state index >= 15 is 0 Å². The standard InChI is InChI=1S/C31H38N2O7S/c1-10-34-25-14-12-11-13-23(25)29-24(15-37-26(38-21(6)7)16-35-19(2)3)28-30(41-29)31(33-18-32-28)40-27(39-22(8)9)17-36-20(4)5/h11-14,18,26-27H,2,4,6,8,10,15-17H2,1,3,5,7,9H3. The minimum absolute atomic E-state index is 0.0949. The van der Waals surface area contributed by atoms with Crippen molar-refractivity contribution >= 4 is 21.6 Å². The Morgan fingerprint density at radius 3 is 2.12 bits per heavy atom. The molecule has 220 valence electrons. The van der Waals surface area contributed by atoms with E-state index in [0.29, 0.717) is 45.7 Å². The summed E-state index contributed by atoms with van der Waals surface area (Å²) in [5, 5.41) is 0. The zero-order valence-electron chi connectivity index (χ0n) is 24.4. The Labute approximate surface area is 245 Å². The summed E-state index contributed by atoms with van der Waals surface area (Å²) in [6, 6.07) is 7.80. The lowest BCUT2D eigenvalue weighted by Crippen LogP contribution is -2.26. The predicted molar refractivity (Wildman–Crippen MR) is 160 cm³/mol. The fourth-order valence-electron chi connectivity index (χ4n) is 3.69. The molecule has 0 radical (unpaired) electrons. The van der Waals surface area contributed by atoms with Crippen molar-refractivity contribution in [2.24, 2.45) is 0 Å². The third-order valence-corrected chi connectivity index (χ3v) is 6.46. The Bertz CT molecular complexity index is 1380. The van der Waals surface area contributed by atoms with Crippen LogP contribution >= 0.6 is 11.3 Å². The highest BCUT2D eigenvalue weighted by Gasteiger charge is 2.25. The van der Waals surface area contributed by atoms with E-state index in [4.69, 9.17) is 33.2 Å². The van der Waals surface area contributed by atoms with E-state index < -0.39 is 12.6 Å². The number of fused-ring (bicyclic) bond motifs is 1. The number of benzene rings is 1. The Balaban J connectivity index is 2.08. The molecule has 2 heterocycles. The number of nitrogens with zero attached hydrogens (tertiary/aromatic N) is 2. The average Bonchev–Trinajstić information content (AvgIpc) is 3.28. The zero-order valence-corrected chi connectivity index (χ0v) is 25.2. The molecule has 0 aliphatic carbocycles. The molecule has 1 aromatic carbocycles. The SMILES string of the molecule is C=C(C)OCC(OCc1c(-c2ccccc2OCC)sc2c(OC(COC(=C)C)OC(=C)C)ncnc12)OC(=C)C. The normalized spacial score (nSPS) is 12.2. The molecule has 41 heavy (non-hydrogen) atoms. The van der Waals surface area contributed by atoms with Crippen molar-refractivity contribution in [3.8, 4) is 22.1 Å². The molecular formula is C31H38N2O7S. The summed E-state index contributed by atoms with van der Waals surface area (Å²) >= 11 is 1.46.